The van der Waals surface area contributed by atoms with E-state index >= 15 is 0 Å². The molecule has 1 aromatic heterocycles. The van der Waals surface area contributed by atoms with Gasteiger partial charge in [-0.2, -0.15) is 16.9 Å². The molecule has 18 heavy (non-hydrogen) atoms. The minimum atomic E-state index is 0.358. The van der Waals surface area contributed by atoms with Crippen molar-refractivity contribution in [2.45, 2.75) is 57.4 Å². The van der Waals surface area contributed by atoms with Crippen LogP contribution in [0.2, 0.25) is 0 Å². The van der Waals surface area contributed by atoms with E-state index in [1.807, 2.05) is 0 Å². The van der Waals surface area contributed by atoms with Gasteiger partial charge in [0.2, 0.25) is 0 Å². The lowest BCUT2D eigenvalue weighted by molar-refractivity contribution is 0.456. The summed E-state index contributed by atoms with van der Waals surface area (Å²) in [6.07, 6.45) is 4.94. The Labute approximate surface area is 114 Å². The van der Waals surface area contributed by atoms with Gasteiger partial charge in [-0.1, -0.05) is 6.42 Å². The quantitative estimate of drug-likeness (QED) is 0.632. The Kier molecular flexibility index (Phi) is 5.09. The summed E-state index contributed by atoms with van der Waals surface area (Å²) in [7, 11) is 0. The van der Waals surface area contributed by atoms with Crippen LogP contribution in [0.15, 0.2) is 6.07 Å². The molecule has 102 valence electrons. The SMILES string of the molecule is CCn1nc(C)cc1CC(NN)C1CCCCS1. The molecule has 4 nitrogen and oxygen atoms in total. The molecule has 3 N–H and O–H groups in total. The molecule has 2 atom stereocenters. The Morgan fingerprint density at radius 1 is 1.61 bits per heavy atom. The largest absolute Gasteiger partial charge is 0.271 e. The fraction of sp³-hybridized carbons (Fsp3) is 0.769. The molecule has 0 aliphatic carbocycles. The number of hydrazine groups is 1. The third kappa shape index (κ3) is 3.28. The van der Waals surface area contributed by atoms with Gasteiger partial charge in [-0.05, 0) is 38.5 Å². The van der Waals surface area contributed by atoms with E-state index in [1.54, 1.807) is 0 Å². The number of aryl methyl sites for hydroxylation is 2. The van der Waals surface area contributed by atoms with Crippen LogP contribution in [-0.2, 0) is 13.0 Å². The standard InChI is InChI=1S/C13H24N4S/c1-3-17-11(8-10(2)16-17)9-12(15-14)13-6-4-5-7-18-13/h8,12-13,15H,3-7,9,14H2,1-2H3. The molecule has 2 unspecified atom stereocenters. The predicted octanol–water partition coefficient (Wildman–Crippen LogP) is 1.87. The minimum absolute atomic E-state index is 0.358. The zero-order valence-electron chi connectivity index (χ0n) is 11.4. The maximum absolute atomic E-state index is 5.76. The van der Waals surface area contributed by atoms with Crippen molar-refractivity contribution in [2.75, 3.05) is 5.75 Å². The van der Waals surface area contributed by atoms with Crippen LogP contribution in [-0.4, -0.2) is 26.8 Å². The van der Waals surface area contributed by atoms with Gasteiger partial charge in [0.05, 0.1) is 5.69 Å². The minimum Gasteiger partial charge on any atom is -0.271 e. The Morgan fingerprint density at radius 3 is 3.06 bits per heavy atom. The van der Waals surface area contributed by atoms with Crippen LogP contribution >= 0.6 is 11.8 Å². The highest BCUT2D eigenvalue weighted by atomic mass is 32.2. The van der Waals surface area contributed by atoms with Crippen molar-refractivity contribution >= 4 is 11.8 Å². The predicted molar refractivity (Wildman–Crippen MR) is 77.6 cm³/mol. The van der Waals surface area contributed by atoms with E-state index in [2.05, 4.69) is 46.9 Å². The van der Waals surface area contributed by atoms with Crippen molar-refractivity contribution in [1.82, 2.24) is 15.2 Å². The normalized spacial score (nSPS) is 22.1. The van der Waals surface area contributed by atoms with Gasteiger partial charge in [-0.25, -0.2) is 0 Å². The van der Waals surface area contributed by atoms with Crippen molar-refractivity contribution in [3.05, 3.63) is 17.5 Å². The summed E-state index contributed by atoms with van der Waals surface area (Å²) in [5.41, 5.74) is 5.41. The molecule has 0 saturated carbocycles. The third-order valence-corrected chi connectivity index (χ3v) is 5.11. The van der Waals surface area contributed by atoms with E-state index in [0.717, 1.165) is 18.7 Å². The molecule has 1 fully saturated rings. The van der Waals surface area contributed by atoms with E-state index in [0.29, 0.717) is 11.3 Å². The fourth-order valence-electron chi connectivity index (χ4n) is 2.64. The number of thioether (sulfide) groups is 1. The molecule has 5 heteroatoms. The second kappa shape index (κ2) is 6.59. The molecule has 0 radical (unpaired) electrons. The first-order valence-electron chi connectivity index (χ1n) is 6.85. The van der Waals surface area contributed by atoms with E-state index in [1.165, 1.54) is 30.7 Å². The Hall–Kier alpha value is -0.520. The fourth-order valence-corrected chi connectivity index (χ4v) is 4.06. The van der Waals surface area contributed by atoms with Crippen LogP contribution in [0.4, 0.5) is 0 Å². The lowest BCUT2D eigenvalue weighted by Crippen LogP contribution is -2.45. The van der Waals surface area contributed by atoms with Crippen LogP contribution < -0.4 is 11.3 Å². The summed E-state index contributed by atoms with van der Waals surface area (Å²) in [5.74, 6) is 7.03. The third-order valence-electron chi connectivity index (χ3n) is 3.59. The van der Waals surface area contributed by atoms with Crippen LogP contribution in [0.1, 0.15) is 37.6 Å². The van der Waals surface area contributed by atoms with Crippen molar-refractivity contribution in [1.29, 1.82) is 0 Å². The highest BCUT2D eigenvalue weighted by molar-refractivity contribution is 8.00. The van der Waals surface area contributed by atoms with Gasteiger partial charge >= 0.3 is 0 Å². The molecule has 1 aromatic rings. The summed E-state index contributed by atoms with van der Waals surface area (Å²) in [4.78, 5) is 0. The molecule has 0 spiro atoms. The van der Waals surface area contributed by atoms with Crippen molar-refractivity contribution in [2.24, 2.45) is 5.84 Å². The van der Waals surface area contributed by atoms with E-state index in [-0.39, 0.29) is 0 Å². The first kappa shape index (κ1) is 13.9. The number of hydrogen-bond donors (Lipinski definition) is 2. The van der Waals surface area contributed by atoms with Gasteiger partial charge in [-0.15, -0.1) is 0 Å². The highest BCUT2D eigenvalue weighted by Crippen LogP contribution is 2.28. The Morgan fingerprint density at radius 2 is 2.44 bits per heavy atom. The lowest BCUT2D eigenvalue weighted by atomic mass is 10.0. The van der Waals surface area contributed by atoms with Gasteiger partial charge in [0, 0.05) is 30.0 Å². The average molecular weight is 268 g/mol. The maximum atomic E-state index is 5.76. The van der Waals surface area contributed by atoms with E-state index in [9.17, 15) is 0 Å². The second-order valence-electron chi connectivity index (χ2n) is 4.98. The average Bonchev–Trinajstić information content (AvgIpc) is 2.77. The molecular weight excluding hydrogens is 244 g/mol. The highest BCUT2D eigenvalue weighted by Gasteiger charge is 2.24. The van der Waals surface area contributed by atoms with Gasteiger partial charge in [-0.3, -0.25) is 16.0 Å². The molecule has 2 rings (SSSR count). The molecule has 0 amide bonds. The topological polar surface area (TPSA) is 55.9 Å². The van der Waals surface area contributed by atoms with Crippen LogP contribution in [0.3, 0.4) is 0 Å². The first-order chi connectivity index (χ1) is 8.74. The second-order valence-corrected chi connectivity index (χ2v) is 6.32. The summed E-state index contributed by atoms with van der Waals surface area (Å²) in [5, 5.41) is 5.15. The summed E-state index contributed by atoms with van der Waals surface area (Å²) >= 11 is 2.06. The molecular formula is C13H24N4S. The van der Waals surface area contributed by atoms with Crippen molar-refractivity contribution in [3.63, 3.8) is 0 Å². The molecule has 1 aliphatic heterocycles. The molecule has 1 saturated heterocycles. The number of aromatic nitrogens is 2. The molecule has 0 aromatic carbocycles. The number of rotatable bonds is 5. The lowest BCUT2D eigenvalue weighted by Gasteiger charge is -2.29. The molecule has 0 bridgehead atoms. The Bertz CT molecular complexity index is 371. The summed E-state index contributed by atoms with van der Waals surface area (Å²) in [6.45, 7) is 5.12. The van der Waals surface area contributed by atoms with Gasteiger partial charge in [0.25, 0.3) is 0 Å². The number of nitrogens with two attached hydrogens (primary N) is 1. The van der Waals surface area contributed by atoms with Crippen molar-refractivity contribution < 1.29 is 0 Å². The molecule has 1 aliphatic rings. The van der Waals surface area contributed by atoms with Crippen molar-refractivity contribution in [3.8, 4) is 0 Å². The van der Waals surface area contributed by atoms with Gasteiger partial charge in [0.15, 0.2) is 0 Å². The number of nitrogens with zero attached hydrogens (tertiary/aromatic N) is 2. The maximum Gasteiger partial charge on any atom is 0.0596 e. The van der Waals surface area contributed by atoms with Crippen LogP contribution in [0.25, 0.3) is 0 Å². The van der Waals surface area contributed by atoms with E-state index in [4.69, 9.17) is 5.84 Å². The van der Waals surface area contributed by atoms with Crippen LogP contribution in [0, 0.1) is 6.92 Å². The number of nitrogens with one attached hydrogen (secondary N) is 1. The zero-order valence-corrected chi connectivity index (χ0v) is 12.2. The smallest absolute Gasteiger partial charge is 0.0596 e. The summed E-state index contributed by atoms with van der Waals surface area (Å²) < 4.78 is 2.09. The Balaban J connectivity index is 2.04. The van der Waals surface area contributed by atoms with Gasteiger partial charge in [0.1, 0.15) is 0 Å². The van der Waals surface area contributed by atoms with E-state index < -0.39 is 0 Å². The van der Waals surface area contributed by atoms with Crippen LogP contribution in [0.5, 0.6) is 0 Å². The molecule has 2 heterocycles. The first-order valence-corrected chi connectivity index (χ1v) is 7.90. The monoisotopic (exact) mass is 268 g/mol. The zero-order chi connectivity index (χ0) is 13.0. The summed E-state index contributed by atoms with van der Waals surface area (Å²) in [6, 6.07) is 2.54. The number of hydrogen-bond acceptors (Lipinski definition) is 4. The van der Waals surface area contributed by atoms with Gasteiger partial charge < -0.3 is 0 Å².